The topological polar surface area (TPSA) is 20.2 Å². The van der Waals surface area contributed by atoms with E-state index in [0.717, 1.165) is 5.02 Å². The number of halogens is 1. The minimum absolute atomic E-state index is 0.256. The highest BCUT2D eigenvalue weighted by atomic mass is 35.5. The molecule has 0 radical (unpaired) electrons. The van der Waals surface area contributed by atoms with Crippen LogP contribution < -0.4 is 0 Å². The minimum Gasteiger partial charge on any atom is -0.396 e. The average molecular weight is 239 g/mol. The second-order valence-electron chi connectivity index (χ2n) is 4.74. The summed E-state index contributed by atoms with van der Waals surface area (Å²) in [5.74, 6) is 0.956. The Kier molecular flexibility index (Phi) is 4.25. The molecule has 1 saturated carbocycles. The molecule has 0 aliphatic heterocycles. The second kappa shape index (κ2) is 5.70. The van der Waals surface area contributed by atoms with Gasteiger partial charge in [0.25, 0.3) is 0 Å². The molecule has 0 heterocycles. The van der Waals surface area contributed by atoms with Crippen molar-refractivity contribution in [2.45, 2.75) is 38.0 Å². The van der Waals surface area contributed by atoms with E-state index in [1.807, 2.05) is 12.1 Å². The molecule has 16 heavy (non-hydrogen) atoms. The Labute approximate surface area is 102 Å². The zero-order valence-electron chi connectivity index (χ0n) is 9.53. The van der Waals surface area contributed by atoms with Gasteiger partial charge in [0.1, 0.15) is 0 Å². The van der Waals surface area contributed by atoms with E-state index < -0.39 is 0 Å². The molecule has 0 bridgehead atoms. The number of aliphatic hydroxyl groups is 1. The third kappa shape index (κ3) is 2.78. The molecular formula is C14H19ClO. The Morgan fingerprint density at radius 3 is 2.31 bits per heavy atom. The molecule has 1 atom stereocenters. The lowest BCUT2D eigenvalue weighted by molar-refractivity contribution is 0.196. The van der Waals surface area contributed by atoms with Gasteiger partial charge in [-0.15, -0.1) is 0 Å². The van der Waals surface area contributed by atoms with Gasteiger partial charge in [-0.05, 0) is 36.5 Å². The largest absolute Gasteiger partial charge is 0.396 e. The van der Waals surface area contributed by atoms with Gasteiger partial charge in [0.15, 0.2) is 0 Å². The van der Waals surface area contributed by atoms with E-state index in [2.05, 4.69) is 12.1 Å². The normalized spacial score (nSPS) is 19.6. The zero-order valence-corrected chi connectivity index (χ0v) is 10.3. The minimum atomic E-state index is 0.256. The van der Waals surface area contributed by atoms with Gasteiger partial charge in [0, 0.05) is 10.9 Å². The summed E-state index contributed by atoms with van der Waals surface area (Å²) in [7, 11) is 0. The molecule has 1 aliphatic rings. The van der Waals surface area contributed by atoms with Crippen LogP contribution in [0.2, 0.25) is 5.02 Å². The molecule has 0 saturated heterocycles. The van der Waals surface area contributed by atoms with Crippen molar-refractivity contribution in [3.63, 3.8) is 0 Å². The first-order chi connectivity index (χ1) is 7.81. The molecule has 1 fully saturated rings. The predicted octanol–water partition coefficient (Wildman–Crippen LogP) is 4.00. The average Bonchev–Trinajstić information content (AvgIpc) is 2.34. The predicted molar refractivity (Wildman–Crippen MR) is 67.9 cm³/mol. The van der Waals surface area contributed by atoms with Gasteiger partial charge in [-0.25, -0.2) is 0 Å². The van der Waals surface area contributed by atoms with Crippen LogP contribution in [0, 0.1) is 5.92 Å². The second-order valence-corrected chi connectivity index (χ2v) is 5.18. The van der Waals surface area contributed by atoms with E-state index in [4.69, 9.17) is 11.6 Å². The molecule has 0 amide bonds. The summed E-state index contributed by atoms with van der Waals surface area (Å²) in [6, 6.07) is 7.94. The number of benzene rings is 1. The molecule has 1 unspecified atom stereocenters. The van der Waals surface area contributed by atoms with Crippen LogP contribution in [0.25, 0.3) is 0 Å². The Morgan fingerprint density at radius 1 is 1.12 bits per heavy atom. The fourth-order valence-corrected chi connectivity index (χ4v) is 2.90. The molecule has 1 aromatic rings. The molecule has 1 N–H and O–H groups in total. The maximum atomic E-state index is 9.57. The van der Waals surface area contributed by atoms with Crippen LogP contribution in [-0.4, -0.2) is 11.7 Å². The van der Waals surface area contributed by atoms with Gasteiger partial charge >= 0.3 is 0 Å². The molecule has 0 aromatic heterocycles. The molecule has 1 aliphatic carbocycles. The molecule has 1 aromatic carbocycles. The SMILES string of the molecule is OCC(c1ccc(Cl)cc1)C1CCCCC1. The summed E-state index contributed by atoms with van der Waals surface area (Å²) in [6.45, 7) is 0.256. The van der Waals surface area contributed by atoms with E-state index >= 15 is 0 Å². The van der Waals surface area contributed by atoms with Crippen molar-refractivity contribution in [1.29, 1.82) is 0 Å². The van der Waals surface area contributed by atoms with Crippen LogP contribution in [0.1, 0.15) is 43.6 Å². The van der Waals surface area contributed by atoms with Crippen LogP contribution in [0.5, 0.6) is 0 Å². The van der Waals surface area contributed by atoms with Crippen molar-refractivity contribution in [1.82, 2.24) is 0 Å². The lowest BCUT2D eigenvalue weighted by atomic mass is 9.77. The molecule has 88 valence electrons. The highest BCUT2D eigenvalue weighted by Crippen LogP contribution is 2.35. The van der Waals surface area contributed by atoms with Crippen molar-refractivity contribution in [2.75, 3.05) is 6.61 Å². The molecule has 1 nitrogen and oxygen atoms in total. The highest BCUT2D eigenvalue weighted by molar-refractivity contribution is 6.30. The van der Waals surface area contributed by atoms with Gasteiger partial charge in [-0.3, -0.25) is 0 Å². The van der Waals surface area contributed by atoms with Crippen LogP contribution in [0.4, 0.5) is 0 Å². The van der Waals surface area contributed by atoms with Gasteiger partial charge in [-0.1, -0.05) is 43.0 Å². The number of hydrogen-bond donors (Lipinski definition) is 1. The smallest absolute Gasteiger partial charge is 0.0502 e. The van der Waals surface area contributed by atoms with Gasteiger partial charge < -0.3 is 5.11 Å². The van der Waals surface area contributed by atoms with E-state index in [1.165, 1.54) is 37.7 Å². The summed E-state index contributed by atoms with van der Waals surface area (Å²) >= 11 is 5.88. The van der Waals surface area contributed by atoms with Crippen molar-refractivity contribution >= 4 is 11.6 Å². The van der Waals surface area contributed by atoms with E-state index in [9.17, 15) is 5.11 Å². The summed E-state index contributed by atoms with van der Waals surface area (Å²) in [4.78, 5) is 0. The first kappa shape index (κ1) is 11.9. The van der Waals surface area contributed by atoms with Crippen molar-refractivity contribution < 1.29 is 5.11 Å². The lowest BCUT2D eigenvalue weighted by Crippen LogP contribution is -2.19. The van der Waals surface area contributed by atoms with Gasteiger partial charge in [0.05, 0.1) is 6.61 Å². The van der Waals surface area contributed by atoms with E-state index in [-0.39, 0.29) is 6.61 Å². The van der Waals surface area contributed by atoms with Crippen LogP contribution in [0.15, 0.2) is 24.3 Å². The summed E-state index contributed by atoms with van der Waals surface area (Å²) < 4.78 is 0. The number of hydrogen-bond acceptors (Lipinski definition) is 1. The molecular weight excluding hydrogens is 220 g/mol. The standard InChI is InChI=1S/C14H19ClO/c15-13-8-6-12(7-9-13)14(10-16)11-4-2-1-3-5-11/h6-9,11,14,16H,1-5,10H2. The Hall–Kier alpha value is -0.530. The Morgan fingerprint density at radius 2 is 1.75 bits per heavy atom. The van der Waals surface area contributed by atoms with Gasteiger partial charge in [-0.2, -0.15) is 0 Å². The van der Waals surface area contributed by atoms with Crippen LogP contribution in [0.3, 0.4) is 0 Å². The fraction of sp³-hybridized carbons (Fsp3) is 0.571. The highest BCUT2D eigenvalue weighted by Gasteiger charge is 2.24. The summed E-state index contributed by atoms with van der Waals surface area (Å²) in [5.41, 5.74) is 1.24. The van der Waals surface area contributed by atoms with Crippen LogP contribution in [-0.2, 0) is 0 Å². The van der Waals surface area contributed by atoms with Crippen molar-refractivity contribution in [3.8, 4) is 0 Å². The van der Waals surface area contributed by atoms with Crippen LogP contribution >= 0.6 is 11.6 Å². The van der Waals surface area contributed by atoms with E-state index in [0.29, 0.717) is 11.8 Å². The first-order valence-electron chi connectivity index (χ1n) is 6.17. The Bertz CT molecular complexity index is 314. The molecule has 2 heteroatoms. The van der Waals surface area contributed by atoms with Crippen molar-refractivity contribution in [2.24, 2.45) is 5.92 Å². The monoisotopic (exact) mass is 238 g/mol. The quantitative estimate of drug-likeness (QED) is 0.844. The Balaban J connectivity index is 2.11. The lowest BCUT2D eigenvalue weighted by Gasteiger charge is -2.29. The third-order valence-electron chi connectivity index (χ3n) is 3.71. The molecule has 0 spiro atoms. The van der Waals surface area contributed by atoms with Gasteiger partial charge in [0.2, 0.25) is 0 Å². The molecule has 2 rings (SSSR count). The number of rotatable bonds is 3. The third-order valence-corrected chi connectivity index (χ3v) is 3.97. The van der Waals surface area contributed by atoms with Crippen molar-refractivity contribution in [3.05, 3.63) is 34.9 Å². The van der Waals surface area contributed by atoms with E-state index in [1.54, 1.807) is 0 Å². The maximum Gasteiger partial charge on any atom is 0.0502 e. The first-order valence-corrected chi connectivity index (χ1v) is 6.55. The number of aliphatic hydroxyl groups excluding tert-OH is 1. The maximum absolute atomic E-state index is 9.57. The fourth-order valence-electron chi connectivity index (χ4n) is 2.77. The zero-order chi connectivity index (χ0) is 11.4. The summed E-state index contributed by atoms with van der Waals surface area (Å²) in [6.07, 6.45) is 6.50. The summed E-state index contributed by atoms with van der Waals surface area (Å²) in [5, 5.41) is 10.3.